The second-order valence-corrected chi connectivity index (χ2v) is 8.70. The summed E-state index contributed by atoms with van der Waals surface area (Å²) in [4.78, 5) is 38.4. The number of benzene rings is 1. The molecule has 4 aromatic heterocycles. The number of nitrogens with zero attached hydrogens (tertiary/aromatic N) is 7. The summed E-state index contributed by atoms with van der Waals surface area (Å²) in [7, 11) is 0. The molecule has 1 unspecified atom stereocenters. The molecule has 33 heavy (non-hydrogen) atoms. The molecule has 9 heteroatoms. The Bertz CT molecular complexity index is 1560. The van der Waals surface area contributed by atoms with Gasteiger partial charge in [0.25, 0.3) is 0 Å². The van der Waals surface area contributed by atoms with E-state index in [2.05, 4.69) is 43.3 Å². The van der Waals surface area contributed by atoms with E-state index >= 15 is 0 Å². The summed E-state index contributed by atoms with van der Waals surface area (Å²) >= 11 is 0. The summed E-state index contributed by atoms with van der Waals surface area (Å²) in [6.45, 7) is 6.74. The van der Waals surface area contributed by atoms with Gasteiger partial charge in [0.2, 0.25) is 0 Å². The van der Waals surface area contributed by atoms with Gasteiger partial charge in [-0.25, -0.2) is 29.7 Å². The van der Waals surface area contributed by atoms with Gasteiger partial charge in [-0.2, -0.15) is 0 Å². The number of nitrogens with one attached hydrogen (secondary N) is 1. The van der Waals surface area contributed by atoms with E-state index in [0.29, 0.717) is 23.8 Å². The van der Waals surface area contributed by atoms with Crippen molar-refractivity contribution in [3.05, 3.63) is 53.2 Å². The van der Waals surface area contributed by atoms with E-state index in [1.54, 1.807) is 18.7 Å². The summed E-state index contributed by atoms with van der Waals surface area (Å²) in [5, 5.41) is 0. The lowest BCUT2D eigenvalue weighted by atomic mass is 10.1. The number of imidazole rings is 2. The fourth-order valence-corrected chi connectivity index (χ4v) is 4.64. The lowest BCUT2D eigenvalue weighted by molar-refractivity contribution is 0.485. The summed E-state index contributed by atoms with van der Waals surface area (Å²) in [6.07, 6.45) is 7.49. The molecule has 1 aliphatic carbocycles. The topological polar surface area (TPSA) is 107 Å². The normalized spacial score (nSPS) is 14.9. The maximum Gasteiger partial charge on any atom is 0.326 e. The minimum absolute atomic E-state index is 0.0636. The van der Waals surface area contributed by atoms with E-state index in [1.807, 2.05) is 29.7 Å². The van der Waals surface area contributed by atoms with Crippen molar-refractivity contribution in [2.45, 2.75) is 46.2 Å². The molecule has 1 N–H and O–H groups in total. The molecule has 1 fully saturated rings. The number of H-pyrrole nitrogens is 1. The van der Waals surface area contributed by atoms with Gasteiger partial charge >= 0.3 is 5.69 Å². The Labute approximate surface area is 189 Å². The molecule has 4 heterocycles. The minimum atomic E-state index is -0.0636. The number of aromatic amines is 1. The first-order valence-electron chi connectivity index (χ1n) is 11.3. The zero-order valence-corrected chi connectivity index (χ0v) is 18.8. The molecule has 0 aliphatic heterocycles. The number of aromatic nitrogens is 8. The van der Waals surface area contributed by atoms with E-state index in [4.69, 9.17) is 4.98 Å². The van der Waals surface area contributed by atoms with Crippen molar-refractivity contribution in [3.8, 4) is 22.6 Å². The Morgan fingerprint density at radius 2 is 1.91 bits per heavy atom. The highest BCUT2D eigenvalue weighted by molar-refractivity contribution is 5.92. The van der Waals surface area contributed by atoms with E-state index < -0.39 is 0 Å². The molecule has 1 aliphatic rings. The maximum absolute atomic E-state index is 12.7. The highest BCUT2D eigenvalue weighted by Crippen LogP contribution is 2.40. The van der Waals surface area contributed by atoms with Crippen LogP contribution in [0.3, 0.4) is 0 Å². The van der Waals surface area contributed by atoms with E-state index in [1.165, 1.54) is 12.8 Å². The first-order chi connectivity index (χ1) is 16.0. The van der Waals surface area contributed by atoms with Crippen molar-refractivity contribution in [1.29, 1.82) is 0 Å². The molecule has 0 amide bonds. The van der Waals surface area contributed by atoms with Crippen LogP contribution >= 0.6 is 0 Å². The van der Waals surface area contributed by atoms with Crippen LogP contribution in [0.1, 0.15) is 38.6 Å². The fraction of sp³-hybridized carbons (Fsp3) is 0.333. The molecule has 1 aromatic carbocycles. The van der Waals surface area contributed by atoms with Crippen LogP contribution in [0.5, 0.6) is 0 Å². The molecule has 0 bridgehead atoms. The third kappa shape index (κ3) is 3.14. The Morgan fingerprint density at radius 3 is 2.64 bits per heavy atom. The van der Waals surface area contributed by atoms with Crippen molar-refractivity contribution in [2.75, 3.05) is 0 Å². The lowest BCUT2D eigenvalue weighted by Gasteiger charge is -2.12. The first kappa shape index (κ1) is 19.8. The Morgan fingerprint density at radius 1 is 1.12 bits per heavy atom. The standard InChI is InChI=1S/C24H24N8O/c1-4-31-22(17-10-25-14(3)26-11-17)30-21-20(27-12-28-23(21)31)16-7-8-18-19(9-16)32(24(33)29-18)13(2)15-5-6-15/h7-13,15H,4-6H2,1-3H3,(H,29,33). The Balaban J connectivity index is 1.55. The van der Waals surface area contributed by atoms with Gasteiger partial charge in [-0.05, 0) is 51.7 Å². The predicted octanol–water partition coefficient (Wildman–Crippen LogP) is 3.89. The molecule has 0 saturated heterocycles. The van der Waals surface area contributed by atoms with Crippen molar-refractivity contribution >= 4 is 22.2 Å². The van der Waals surface area contributed by atoms with Crippen LogP contribution in [-0.2, 0) is 6.54 Å². The fourth-order valence-electron chi connectivity index (χ4n) is 4.64. The highest BCUT2D eigenvalue weighted by atomic mass is 16.1. The molecule has 9 nitrogen and oxygen atoms in total. The Hall–Kier alpha value is -3.88. The summed E-state index contributed by atoms with van der Waals surface area (Å²) in [5.74, 6) is 2.04. The van der Waals surface area contributed by atoms with Crippen LogP contribution in [0.25, 0.3) is 44.8 Å². The van der Waals surface area contributed by atoms with Crippen molar-refractivity contribution in [3.63, 3.8) is 0 Å². The molecule has 5 aromatic rings. The Kier molecular flexibility index (Phi) is 4.39. The monoisotopic (exact) mass is 440 g/mol. The first-order valence-corrected chi connectivity index (χ1v) is 11.3. The average Bonchev–Trinajstić information content (AvgIpc) is 3.53. The molecule has 166 valence electrons. The van der Waals surface area contributed by atoms with Crippen molar-refractivity contribution in [1.82, 2.24) is 39.0 Å². The number of aryl methyl sites for hydroxylation is 2. The highest BCUT2D eigenvalue weighted by Gasteiger charge is 2.31. The average molecular weight is 441 g/mol. The largest absolute Gasteiger partial charge is 0.326 e. The van der Waals surface area contributed by atoms with Crippen LogP contribution in [-0.4, -0.2) is 39.0 Å². The number of hydrogen-bond donors (Lipinski definition) is 1. The second kappa shape index (κ2) is 7.33. The third-order valence-electron chi connectivity index (χ3n) is 6.59. The SMILES string of the molecule is CCn1c(-c2cnc(C)nc2)nc2c(-c3ccc4[nH]c(=O)n(C(C)C5CC5)c4c3)ncnc21. The van der Waals surface area contributed by atoms with E-state index in [9.17, 15) is 4.79 Å². The van der Waals surface area contributed by atoms with Crippen LogP contribution in [0.2, 0.25) is 0 Å². The molecule has 1 saturated carbocycles. The van der Waals surface area contributed by atoms with Gasteiger partial charge in [0.05, 0.1) is 16.6 Å². The van der Waals surface area contributed by atoms with Gasteiger partial charge < -0.3 is 9.55 Å². The molecular formula is C24H24N8O. The van der Waals surface area contributed by atoms with Crippen molar-refractivity contribution in [2.24, 2.45) is 5.92 Å². The molecule has 0 radical (unpaired) electrons. The number of rotatable bonds is 5. The summed E-state index contributed by atoms with van der Waals surface area (Å²) in [6, 6.07) is 6.13. The molecule has 1 atom stereocenters. The zero-order chi connectivity index (χ0) is 22.7. The van der Waals surface area contributed by atoms with Gasteiger partial charge in [0.15, 0.2) is 5.65 Å². The summed E-state index contributed by atoms with van der Waals surface area (Å²) in [5.41, 5.74) is 5.61. The van der Waals surface area contributed by atoms with Crippen LogP contribution < -0.4 is 5.69 Å². The van der Waals surface area contributed by atoms with Gasteiger partial charge in [-0.1, -0.05) is 6.07 Å². The van der Waals surface area contributed by atoms with Gasteiger partial charge in [0, 0.05) is 30.5 Å². The maximum atomic E-state index is 12.7. The van der Waals surface area contributed by atoms with E-state index in [-0.39, 0.29) is 11.7 Å². The number of fused-ring (bicyclic) bond motifs is 2. The number of hydrogen-bond acceptors (Lipinski definition) is 6. The smallest absolute Gasteiger partial charge is 0.309 e. The van der Waals surface area contributed by atoms with Crippen LogP contribution in [0, 0.1) is 12.8 Å². The zero-order valence-electron chi connectivity index (χ0n) is 18.8. The van der Waals surface area contributed by atoms with Gasteiger partial charge in [-0.3, -0.25) is 4.57 Å². The van der Waals surface area contributed by atoms with Gasteiger partial charge in [0.1, 0.15) is 29.2 Å². The summed E-state index contributed by atoms with van der Waals surface area (Å²) < 4.78 is 3.93. The van der Waals surface area contributed by atoms with E-state index in [0.717, 1.165) is 39.3 Å². The van der Waals surface area contributed by atoms with Crippen LogP contribution in [0.4, 0.5) is 0 Å². The van der Waals surface area contributed by atoms with Gasteiger partial charge in [-0.15, -0.1) is 0 Å². The lowest BCUT2D eigenvalue weighted by Crippen LogP contribution is -2.21. The quantitative estimate of drug-likeness (QED) is 0.444. The molecule has 0 spiro atoms. The van der Waals surface area contributed by atoms with Crippen molar-refractivity contribution < 1.29 is 0 Å². The minimum Gasteiger partial charge on any atom is -0.309 e. The van der Waals surface area contributed by atoms with Crippen LogP contribution in [0.15, 0.2) is 41.7 Å². The predicted molar refractivity (Wildman–Crippen MR) is 126 cm³/mol. The molecule has 6 rings (SSSR count). The third-order valence-corrected chi connectivity index (χ3v) is 6.59. The second-order valence-electron chi connectivity index (χ2n) is 8.70. The molecular weight excluding hydrogens is 416 g/mol.